The van der Waals surface area contributed by atoms with Crippen molar-refractivity contribution in [1.29, 1.82) is 0 Å². The van der Waals surface area contributed by atoms with E-state index in [2.05, 4.69) is 73.7 Å². The fourth-order valence-electron chi connectivity index (χ4n) is 3.05. The molecule has 4 rings (SSSR count). The number of rotatable bonds is 0. The summed E-state index contributed by atoms with van der Waals surface area (Å²) in [6, 6.07) is 24.1. The fraction of sp³-hybridized carbons (Fsp3) is 0.0526. The van der Waals surface area contributed by atoms with E-state index in [9.17, 15) is 0 Å². The van der Waals surface area contributed by atoms with Crippen LogP contribution in [0.15, 0.2) is 66.7 Å². The van der Waals surface area contributed by atoms with Crippen molar-refractivity contribution in [3.8, 4) is 0 Å². The Morgan fingerprint density at radius 2 is 1.21 bits per heavy atom. The molecule has 0 fully saturated rings. The Hall–Kier alpha value is -2.34. The van der Waals surface area contributed by atoms with Crippen LogP contribution in [0.3, 0.4) is 0 Å². The maximum Gasteiger partial charge on any atom is -0.00242 e. The van der Waals surface area contributed by atoms with Crippen LogP contribution in [0.4, 0.5) is 0 Å². The molecular weight excluding hydrogens is 228 g/mol. The Labute approximate surface area is 112 Å². The largest absolute Gasteiger partial charge is 0.0616 e. The first-order chi connectivity index (χ1) is 9.34. The summed E-state index contributed by atoms with van der Waals surface area (Å²) >= 11 is 0. The van der Waals surface area contributed by atoms with E-state index in [0.29, 0.717) is 0 Å². The third-order valence-electron chi connectivity index (χ3n) is 3.96. The molecule has 0 atom stereocenters. The third kappa shape index (κ3) is 1.47. The molecule has 0 spiro atoms. The molecule has 0 saturated heterocycles. The van der Waals surface area contributed by atoms with Crippen LogP contribution in [0.2, 0.25) is 0 Å². The summed E-state index contributed by atoms with van der Waals surface area (Å²) < 4.78 is 0. The van der Waals surface area contributed by atoms with Crippen LogP contribution in [-0.4, -0.2) is 0 Å². The normalized spacial score (nSPS) is 11.4. The van der Waals surface area contributed by atoms with E-state index in [1.807, 2.05) is 0 Å². The van der Waals surface area contributed by atoms with Crippen LogP contribution in [0.1, 0.15) is 5.56 Å². The van der Waals surface area contributed by atoms with E-state index >= 15 is 0 Å². The topological polar surface area (TPSA) is 0 Å². The Balaban J connectivity index is 2.40. The summed E-state index contributed by atoms with van der Waals surface area (Å²) in [5, 5.41) is 8.07. The van der Waals surface area contributed by atoms with Crippen LogP contribution in [0, 0.1) is 6.92 Å². The number of hydrogen-bond acceptors (Lipinski definition) is 0. The van der Waals surface area contributed by atoms with Gasteiger partial charge in [0.15, 0.2) is 0 Å². The van der Waals surface area contributed by atoms with Crippen molar-refractivity contribution in [3.05, 3.63) is 72.3 Å². The first-order valence-electron chi connectivity index (χ1n) is 6.64. The lowest BCUT2D eigenvalue weighted by molar-refractivity contribution is 1.56. The number of fused-ring (bicyclic) bond motifs is 5. The first-order valence-corrected chi connectivity index (χ1v) is 6.64. The molecule has 19 heavy (non-hydrogen) atoms. The van der Waals surface area contributed by atoms with Gasteiger partial charge in [0.05, 0.1) is 0 Å². The van der Waals surface area contributed by atoms with Crippen LogP contribution < -0.4 is 0 Å². The molecule has 90 valence electrons. The maximum absolute atomic E-state index is 2.28. The minimum absolute atomic E-state index is 1.31. The molecule has 4 aromatic carbocycles. The third-order valence-corrected chi connectivity index (χ3v) is 3.96. The summed E-state index contributed by atoms with van der Waals surface area (Å²) in [7, 11) is 0. The Bertz CT molecular complexity index is 901. The molecule has 0 radical (unpaired) electrons. The van der Waals surface area contributed by atoms with E-state index in [4.69, 9.17) is 0 Å². The van der Waals surface area contributed by atoms with Gasteiger partial charge in [-0.3, -0.25) is 0 Å². The highest BCUT2D eigenvalue weighted by Crippen LogP contribution is 2.33. The van der Waals surface area contributed by atoms with Crippen molar-refractivity contribution in [3.63, 3.8) is 0 Å². The molecule has 0 saturated carbocycles. The molecule has 0 amide bonds. The Morgan fingerprint density at radius 1 is 0.579 bits per heavy atom. The van der Waals surface area contributed by atoms with Gasteiger partial charge in [0, 0.05) is 0 Å². The van der Waals surface area contributed by atoms with Gasteiger partial charge in [-0.1, -0.05) is 66.7 Å². The Morgan fingerprint density at radius 3 is 2.00 bits per heavy atom. The predicted octanol–water partition coefficient (Wildman–Crippen LogP) is 5.45. The lowest BCUT2D eigenvalue weighted by Gasteiger charge is -2.10. The van der Waals surface area contributed by atoms with Crippen molar-refractivity contribution in [2.45, 2.75) is 6.92 Å². The second-order valence-corrected chi connectivity index (χ2v) is 5.12. The van der Waals surface area contributed by atoms with Crippen molar-refractivity contribution in [1.82, 2.24) is 0 Å². The van der Waals surface area contributed by atoms with Crippen molar-refractivity contribution in [2.24, 2.45) is 0 Å². The van der Waals surface area contributed by atoms with Gasteiger partial charge in [-0.2, -0.15) is 0 Å². The lowest BCUT2D eigenvalue weighted by Crippen LogP contribution is -1.84. The van der Waals surface area contributed by atoms with Crippen LogP contribution >= 0.6 is 0 Å². The van der Waals surface area contributed by atoms with Crippen molar-refractivity contribution >= 4 is 32.3 Å². The zero-order valence-corrected chi connectivity index (χ0v) is 10.9. The number of hydrogen-bond donors (Lipinski definition) is 0. The standard InChI is InChI=1S/C19H14/c1-13-12-15-7-3-5-9-18(15)19-16(13)11-10-14-6-2-4-8-17(14)19/h2-12H,1H3. The highest BCUT2D eigenvalue weighted by molar-refractivity contribution is 6.21. The van der Waals surface area contributed by atoms with Gasteiger partial charge >= 0.3 is 0 Å². The predicted molar refractivity (Wildman–Crippen MR) is 83.7 cm³/mol. The quantitative estimate of drug-likeness (QED) is 0.359. The number of aryl methyl sites for hydroxylation is 1. The summed E-state index contributed by atoms with van der Waals surface area (Å²) in [5.74, 6) is 0. The molecule has 0 N–H and O–H groups in total. The molecule has 0 aliphatic heterocycles. The molecule has 0 bridgehead atoms. The summed E-state index contributed by atoms with van der Waals surface area (Å²) in [5.41, 5.74) is 1.35. The van der Waals surface area contributed by atoms with Gasteiger partial charge in [0.2, 0.25) is 0 Å². The lowest BCUT2D eigenvalue weighted by atomic mass is 9.94. The fourth-order valence-corrected chi connectivity index (χ4v) is 3.05. The zero-order chi connectivity index (χ0) is 12.8. The van der Waals surface area contributed by atoms with Gasteiger partial charge < -0.3 is 0 Å². The highest BCUT2D eigenvalue weighted by Gasteiger charge is 2.06. The molecule has 0 heterocycles. The minimum atomic E-state index is 1.31. The monoisotopic (exact) mass is 242 g/mol. The molecule has 0 heteroatoms. The SMILES string of the molecule is Cc1cc2ccccc2c2c1ccc1ccccc12. The number of benzene rings is 4. The molecule has 0 unspecified atom stereocenters. The van der Waals surface area contributed by atoms with E-state index in [1.54, 1.807) is 0 Å². The van der Waals surface area contributed by atoms with Crippen LogP contribution in [0.25, 0.3) is 32.3 Å². The molecule has 0 aliphatic carbocycles. The zero-order valence-electron chi connectivity index (χ0n) is 10.9. The average molecular weight is 242 g/mol. The van der Waals surface area contributed by atoms with Crippen LogP contribution in [0.5, 0.6) is 0 Å². The molecule has 0 nitrogen and oxygen atoms in total. The average Bonchev–Trinajstić information content (AvgIpc) is 2.47. The van der Waals surface area contributed by atoms with E-state index in [1.165, 1.54) is 37.9 Å². The molecule has 0 aliphatic rings. The Kier molecular flexibility index (Phi) is 2.13. The maximum atomic E-state index is 2.28. The van der Waals surface area contributed by atoms with Gasteiger partial charge in [-0.05, 0) is 44.8 Å². The minimum Gasteiger partial charge on any atom is -0.0616 e. The molecule has 4 aromatic rings. The van der Waals surface area contributed by atoms with Gasteiger partial charge in [0.25, 0.3) is 0 Å². The summed E-state index contributed by atoms with van der Waals surface area (Å²) in [6.07, 6.45) is 0. The molecular formula is C19H14. The van der Waals surface area contributed by atoms with Crippen LogP contribution in [-0.2, 0) is 0 Å². The second-order valence-electron chi connectivity index (χ2n) is 5.12. The van der Waals surface area contributed by atoms with E-state index < -0.39 is 0 Å². The smallest absolute Gasteiger partial charge is 0.00242 e. The van der Waals surface area contributed by atoms with Crippen molar-refractivity contribution < 1.29 is 0 Å². The highest BCUT2D eigenvalue weighted by atomic mass is 14.1. The van der Waals surface area contributed by atoms with Gasteiger partial charge in [-0.15, -0.1) is 0 Å². The first kappa shape index (κ1) is 10.6. The van der Waals surface area contributed by atoms with Gasteiger partial charge in [0.1, 0.15) is 0 Å². The van der Waals surface area contributed by atoms with Crippen molar-refractivity contribution in [2.75, 3.05) is 0 Å². The molecule has 0 aromatic heterocycles. The van der Waals surface area contributed by atoms with E-state index in [-0.39, 0.29) is 0 Å². The second kappa shape index (κ2) is 3.83. The van der Waals surface area contributed by atoms with Gasteiger partial charge in [-0.25, -0.2) is 0 Å². The van der Waals surface area contributed by atoms with E-state index in [0.717, 1.165) is 0 Å². The summed E-state index contributed by atoms with van der Waals surface area (Å²) in [6.45, 7) is 2.20. The summed E-state index contributed by atoms with van der Waals surface area (Å²) in [4.78, 5) is 0.